The van der Waals surface area contributed by atoms with Gasteiger partial charge in [0, 0.05) is 11.8 Å². The number of methoxy groups -OCH3 is 2. The van der Waals surface area contributed by atoms with E-state index < -0.39 is 0 Å². The van der Waals surface area contributed by atoms with Crippen LogP contribution in [0.25, 0.3) is 11.5 Å². The molecule has 0 bridgehead atoms. The Morgan fingerprint density at radius 2 is 1.68 bits per heavy atom. The third-order valence-corrected chi connectivity index (χ3v) is 2.31. The van der Waals surface area contributed by atoms with Gasteiger partial charge in [0.2, 0.25) is 0 Å². The van der Waals surface area contributed by atoms with Gasteiger partial charge in [0.15, 0.2) is 17.3 Å². The van der Waals surface area contributed by atoms with E-state index in [2.05, 4.69) is 10.1 Å². The lowest BCUT2D eigenvalue weighted by Crippen LogP contribution is -1.96. The summed E-state index contributed by atoms with van der Waals surface area (Å²) in [5.74, 6) is 2.03. The van der Waals surface area contributed by atoms with Crippen LogP contribution < -0.4 is 15.2 Å². The van der Waals surface area contributed by atoms with E-state index in [-0.39, 0.29) is 0 Å². The minimum atomic E-state index is 0.362. The largest absolute Gasteiger partial charge is 0.493 e. The lowest BCUT2D eigenvalue weighted by Gasteiger charge is -2.10. The van der Waals surface area contributed by atoms with E-state index >= 15 is 0 Å². The fourth-order valence-corrected chi connectivity index (χ4v) is 1.49. The average molecular weight is 265 g/mol. The van der Waals surface area contributed by atoms with Crippen LogP contribution in [-0.2, 0) is 0 Å². The number of aromatic nitrogens is 2. The van der Waals surface area contributed by atoms with Crippen molar-refractivity contribution in [3.05, 3.63) is 18.0 Å². The molecule has 104 valence electrons. The molecular weight excluding hydrogens is 246 g/mol. The Balaban J connectivity index is 0.000000861. The molecule has 2 N–H and O–H groups in total. The minimum Gasteiger partial charge on any atom is -0.493 e. The van der Waals surface area contributed by atoms with Gasteiger partial charge in [-0.15, -0.1) is 0 Å². The Bertz CT molecular complexity index is 538. The van der Waals surface area contributed by atoms with Crippen LogP contribution in [0.1, 0.15) is 19.7 Å². The van der Waals surface area contributed by atoms with Gasteiger partial charge in [0.25, 0.3) is 5.89 Å². The van der Waals surface area contributed by atoms with Crippen LogP contribution in [0.2, 0.25) is 0 Å². The van der Waals surface area contributed by atoms with Crippen molar-refractivity contribution in [1.82, 2.24) is 10.1 Å². The first-order chi connectivity index (χ1) is 9.15. The number of ether oxygens (including phenoxy) is 2. The molecule has 0 aliphatic carbocycles. The molecular formula is C13H19N3O3. The number of anilines is 1. The fraction of sp³-hybridized carbons (Fsp3) is 0.385. The van der Waals surface area contributed by atoms with Gasteiger partial charge in [-0.05, 0) is 13.0 Å². The second kappa shape index (κ2) is 6.63. The molecule has 0 aliphatic heterocycles. The van der Waals surface area contributed by atoms with Crippen LogP contribution in [0.3, 0.4) is 0 Å². The van der Waals surface area contributed by atoms with Crippen LogP contribution in [0.15, 0.2) is 16.7 Å². The molecule has 0 amide bonds. The van der Waals surface area contributed by atoms with Gasteiger partial charge in [-0.3, -0.25) is 0 Å². The van der Waals surface area contributed by atoms with Gasteiger partial charge in [-0.25, -0.2) is 0 Å². The number of nitrogens with zero attached hydrogens (tertiary/aromatic N) is 2. The quantitative estimate of drug-likeness (QED) is 0.859. The molecule has 1 aromatic carbocycles. The molecule has 2 rings (SSSR count). The van der Waals surface area contributed by atoms with Crippen LogP contribution >= 0.6 is 0 Å². The van der Waals surface area contributed by atoms with Crippen LogP contribution in [-0.4, -0.2) is 24.4 Å². The molecule has 6 heteroatoms. The van der Waals surface area contributed by atoms with Gasteiger partial charge in [0.05, 0.1) is 19.8 Å². The molecule has 0 fully saturated rings. The van der Waals surface area contributed by atoms with Crippen molar-refractivity contribution < 1.29 is 14.0 Å². The summed E-state index contributed by atoms with van der Waals surface area (Å²) in [7, 11) is 3.10. The molecule has 0 atom stereocenters. The van der Waals surface area contributed by atoms with Crippen molar-refractivity contribution in [2.45, 2.75) is 20.8 Å². The summed E-state index contributed by atoms with van der Waals surface area (Å²) in [6, 6.07) is 3.37. The van der Waals surface area contributed by atoms with Gasteiger partial charge in [-0.1, -0.05) is 19.0 Å². The van der Waals surface area contributed by atoms with E-state index in [1.54, 1.807) is 33.3 Å². The average Bonchev–Trinajstić information content (AvgIpc) is 2.87. The van der Waals surface area contributed by atoms with Crippen LogP contribution in [0, 0.1) is 6.92 Å². The number of aryl methyl sites for hydroxylation is 1. The molecule has 2 aromatic rings. The number of hydrogen-bond acceptors (Lipinski definition) is 6. The van der Waals surface area contributed by atoms with E-state index in [4.69, 9.17) is 19.7 Å². The molecule has 0 unspecified atom stereocenters. The van der Waals surface area contributed by atoms with Gasteiger partial charge < -0.3 is 19.7 Å². The summed E-state index contributed by atoms with van der Waals surface area (Å²) in [6.07, 6.45) is 0. The topological polar surface area (TPSA) is 83.4 Å². The Kier molecular flexibility index (Phi) is 5.17. The third-order valence-electron chi connectivity index (χ3n) is 2.31. The first-order valence-electron chi connectivity index (χ1n) is 5.98. The first-order valence-corrected chi connectivity index (χ1v) is 5.98. The Morgan fingerprint density at radius 3 is 2.16 bits per heavy atom. The Morgan fingerprint density at radius 1 is 1.11 bits per heavy atom. The molecule has 6 nitrogen and oxygen atoms in total. The van der Waals surface area contributed by atoms with Crippen molar-refractivity contribution in [2.24, 2.45) is 0 Å². The highest BCUT2D eigenvalue weighted by Crippen LogP contribution is 2.36. The molecule has 1 heterocycles. The molecule has 1 aromatic heterocycles. The summed E-state index contributed by atoms with van der Waals surface area (Å²) in [5, 5.41) is 3.72. The summed E-state index contributed by atoms with van der Waals surface area (Å²) in [5.41, 5.74) is 7.02. The number of nitrogen functional groups attached to an aromatic ring is 1. The predicted octanol–water partition coefficient (Wildman–Crippen LogP) is 2.67. The van der Waals surface area contributed by atoms with Crippen molar-refractivity contribution in [3.8, 4) is 23.0 Å². The highest BCUT2D eigenvalue weighted by atomic mass is 16.5. The summed E-state index contributed by atoms with van der Waals surface area (Å²) >= 11 is 0. The van der Waals surface area contributed by atoms with Crippen molar-refractivity contribution in [3.63, 3.8) is 0 Å². The zero-order chi connectivity index (χ0) is 14.4. The van der Waals surface area contributed by atoms with E-state index in [0.29, 0.717) is 34.5 Å². The standard InChI is InChI=1S/C11H13N3O3.C2H6/c1-6-13-11(17-14-6)7-4-9(15-2)10(16-3)5-8(7)12;1-2/h4-5H,12H2,1-3H3;1-2H3. The highest BCUT2D eigenvalue weighted by Gasteiger charge is 2.15. The lowest BCUT2D eigenvalue weighted by atomic mass is 10.1. The molecule has 19 heavy (non-hydrogen) atoms. The zero-order valence-corrected chi connectivity index (χ0v) is 11.9. The monoisotopic (exact) mass is 265 g/mol. The number of rotatable bonds is 3. The van der Waals surface area contributed by atoms with Crippen molar-refractivity contribution >= 4 is 5.69 Å². The van der Waals surface area contributed by atoms with Gasteiger partial charge in [-0.2, -0.15) is 4.98 Å². The molecule has 0 radical (unpaired) electrons. The molecule has 0 saturated heterocycles. The number of benzene rings is 1. The second-order valence-corrected chi connectivity index (χ2v) is 3.44. The fourth-order valence-electron chi connectivity index (χ4n) is 1.49. The third kappa shape index (κ3) is 3.15. The summed E-state index contributed by atoms with van der Waals surface area (Å²) < 4.78 is 15.4. The molecule has 0 aliphatic rings. The van der Waals surface area contributed by atoms with Crippen molar-refractivity contribution in [1.29, 1.82) is 0 Å². The predicted molar refractivity (Wildman–Crippen MR) is 73.3 cm³/mol. The van der Waals surface area contributed by atoms with Crippen molar-refractivity contribution in [2.75, 3.05) is 20.0 Å². The lowest BCUT2D eigenvalue weighted by molar-refractivity contribution is 0.355. The second-order valence-electron chi connectivity index (χ2n) is 3.44. The Labute approximate surface area is 112 Å². The Hall–Kier alpha value is -2.24. The maximum absolute atomic E-state index is 5.90. The summed E-state index contributed by atoms with van der Waals surface area (Å²) in [6.45, 7) is 5.74. The maximum Gasteiger partial charge on any atom is 0.260 e. The zero-order valence-electron chi connectivity index (χ0n) is 11.9. The number of nitrogens with two attached hydrogens (primary N) is 1. The summed E-state index contributed by atoms with van der Waals surface area (Å²) in [4.78, 5) is 4.12. The number of hydrogen-bond donors (Lipinski definition) is 1. The van der Waals surface area contributed by atoms with Crippen LogP contribution in [0.5, 0.6) is 11.5 Å². The van der Waals surface area contributed by atoms with E-state index in [1.807, 2.05) is 13.8 Å². The van der Waals surface area contributed by atoms with E-state index in [9.17, 15) is 0 Å². The van der Waals surface area contributed by atoms with E-state index in [1.165, 1.54) is 0 Å². The minimum absolute atomic E-state index is 0.362. The normalized spacial score (nSPS) is 9.53. The van der Waals surface area contributed by atoms with Gasteiger partial charge in [0.1, 0.15) is 0 Å². The molecule has 0 spiro atoms. The maximum atomic E-state index is 5.90. The van der Waals surface area contributed by atoms with Crippen LogP contribution in [0.4, 0.5) is 5.69 Å². The SMILES string of the molecule is CC.COc1cc(N)c(-c2nc(C)no2)cc1OC. The highest BCUT2D eigenvalue weighted by molar-refractivity contribution is 5.75. The van der Waals surface area contributed by atoms with E-state index in [0.717, 1.165) is 0 Å². The van der Waals surface area contributed by atoms with Gasteiger partial charge >= 0.3 is 0 Å². The molecule has 0 saturated carbocycles. The smallest absolute Gasteiger partial charge is 0.260 e. The first kappa shape index (κ1) is 14.8.